The van der Waals surface area contributed by atoms with Crippen molar-refractivity contribution in [2.45, 2.75) is 38.9 Å². The average molecular weight is 575 g/mol. The molecule has 1 unspecified atom stereocenters. The Balaban J connectivity index is 1.73. The van der Waals surface area contributed by atoms with Crippen LogP contribution in [0.3, 0.4) is 0 Å². The van der Waals surface area contributed by atoms with E-state index in [0.29, 0.717) is 12.3 Å². The summed E-state index contributed by atoms with van der Waals surface area (Å²) in [6.07, 6.45) is -2.24. The van der Waals surface area contributed by atoms with Crippen LogP contribution in [-0.2, 0) is 25.2 Å². The van der Waals surface area contributed by atoms with Gasteiger partial charge >= 0.3 is 6.18 Å². The summed E-state index contributed by atoms with van der Waals surface area (Å²) in [6, 6.07) is 15.5. The molecule has 1 atom stereocenters. The van der Waals surface area contributed by atoms with Gasteiger partial charge in [0.2, 0.25) is 5.88 Å². The monoisotopic (exact) mass is 574 g/mol. The highest BCUT2D eigenvalue weighted by Crippen LogP contribution is 2.43. The first kappa shape index (κ1) is 29.2. The molecule has 0 spiro atoms. The first-order valence-corrected chi connectivity index (χ1v) is 13.5. The lowest BCUT2D eigenvalue weighted by atomic mass is 9.77. The molecular formula is C32H33F3N6O. The maximum absolute atomic E-state index is 13.1. The van der Waals surface area contributed by atoms with E-state index in [9.17, 15) is 13.2 Å². The number of alkyl halides is 3. The molecule has 218 valence electrons. The van der Waals surface area contributed by atoms with Crippen molar-refractivity contribution in [2.75, 3.05) is 21.2 Å². The zero-order chi connectivity index (χ0) is 30.4. The van der Waals surface area contributed by atoms with Crippen LogP contribution >= 0.6 is 0 Å². The molecule has 0 amide bonds. The van der Waals surface area contributed by atoms with E-state index in [1.54, 1.807) is 18.0 Å². The van der Waals surface area contributed by atoms with Crippen molar-refractivity contribution in [3.05, 3.63) is 111 Å². The second-order valence-corrected chi connectivity index (χ2v) is 10.8. The van der Waals surface area contributed by atoms with Gasteiger partial charge in [-0.25, -0.2) is 9.67 Å². The highest BCUT2D eigenvalue weighted by Gasteiger charge is 2.43. The molecule has 2 aromatic carbocycles. The Morgan fingerprint density at radius 1 is 0.905 bits per heavy atom. The second kappa shape index (κ2) is 10.8. The molecule has 0 aliphatic carbocycles. The zero-order valence-electron chi connectivity index (χ0n) is 24.7. The number of rotatable bonds is 7. The fourth-order valence-corrected chi connectivity index (χ4v) is 5.91. The molecule has 7 nitrogen and oxygen atoms in total. The summed E-state index contributed by atoms with van der Waals surface area (Å²) >= 11 is 0. The lowest BCUT2D eigenvalue weighted by Gasteiger charge is -2.41. The first-order valence-electron chi connectivity index (χ1n) is 13.5. The third-order valence-corrected chi connectivity index (χ3v) is 7.98. The van der Waals surface area contributed by atoms with Crippen molar-refractivity contribution in [1.29, 1.82) is 0 Å². The minimum absolute atomic E-state index is 0.367. The van der Waals surface area contributed by atoms with Gasteiger partial charge in [0.25, 0.3) is 0 Å². The molecule has 0 bridgehead atoms. The number of halogens is 3. The standard InChI is InChI=1S/C32H33F3N6O/c1-19-8-14-27(21(3)37-19)31(40(4)5,29-18-36-39-41(29)6)24-13-15-28-25(17-24)20(2)26(30(38-28)42-7)16-22-9-11-23(12-10-22)32(33,34)35/h8-15,17-18H,16H2,1-7H3. The average Bonchev–Trinajstić information content (AvgIpc) is 3.37. The molecule has 3 heterocycles. The largest absolute Gasteiger partial charge is 0.481 e. The number of benzene rings is 2. The number of pyridine rings is 2. The molecular weight excluding hydrogens is 541 g/mol. The maximum Gasteiger partial charge on any atom is 0.416 e. The van der Waals surface area contributed by atoms with Crippen LogP contribution < -0.4 is 4.74 Å². The van der Waals surface area contributed by atoms with E-state index in [1.165, 1.54) is 12.1 Å². The smallest absolute Gasteiger partial charge is 0.416 e. The van der Waals surface area contributed by atoms with Gasteiger partial charge in [0.05, 0.1) is 30.1 Å². The molecule has 0 radical (unpaired) electrons. The van der Waals surface area contributed by atoms with E-state index < -0.39 is 17.3 Å². The normalized spacial score (nSPS) is 13.5. The van der Waals surface area contributed by atoms with E-state index in [1.807, 2.05) is 54.0 Å². The van der Waals surface area contributed by atoms with Crippen LogP contribution in [0.25, 0.3) is 10.9 Å². The van der Waals surface area contributed by atoms with Gasteiger partial charge in [0, 0.05) is 41.4 Å². The first-order chi connectivity index (χ1) is 19.9. The van der Waals surface area contributed by atoms with Crippen molar-refractivity contribution in [1.82, 2.24) is 29.9 Å². The Morgan fingerprint density at radius 2 is 1.60 bits per heavy atom. The van der Waals surface area contributed by atoms with Crippen molar-refractivity contribution in [3.63, 3.8) is 0 Å². The van der Waals surface area contributed by atoms with Crippen LogP contribution in [0.4, 0.5) is 13.2 Å². The summed E-state index contributed by atoms with van der Waals surface area (Å²) in [4.78, 5) is 11.7. The van der Waals surface area contributed by atoms with Gasteiger partial charge in [-0.1, -0.05) is 29.5 Å². The Morgan fingerprint density at radius 3 is 2.17 bits per heavy atom. The quantitative estimate of drug-likeness (QED) is 0.232. The minimum Gasteiger partial charge on any atom is -0.481 e. The number of ether oxygens (including phenoxy) is 1. The molecule has 3 aromatic heterocycles. The predicted molar refractivity (Wildman–Crippen MR) is 156 cm³/mol. The molecule has 0 N–H and O–H groups in total. The molecule has 10 heteroatoms. The zero-order valence-corrected chi connectivity index (χ0v) is 24.7. The van der Waals surface area contributed by atoms with Crippen LogP contribution in [-0.4, -0.2) is 51.1 Å². The molecule has 42 heavy (non-hydrogen) atoms. The van der Waals surface area contributed by atoms with Gasteiger partial charge in [0.15, 0.2) is 0 Å². The Labute approximate surface area is 243 Å². The van der Waals surface area contributed by atoms with Crippen molar-refractivity contribution >= 4 is 10.9 Å². The Kier molecular flexibility index (Phi) is 7.53. The third kappa shape index (κ3) is 4.89. The number of methoxy groups -OCH3 is 1. The number of nitrogens with zero attached hydrogens (tertiary/aromatic N) is 6. The SMILES string of the molecule is COc1nc2ccc(C(c3ccc(C)nc3C)(c3cnnn3C)N(C)C)cc2c(C)c1Cc1ccc(C(F)(F)F)cc1. The molecule has 0 saturated carbocycles. The summed E-state index contributed by atoms with van der Waals surface area (Å²) in [5.74, 6) is 0.445. The Hall–Kier alpha value is -4.31. The van der Waals surface area contributed by atoms with E-state index in [2.05, 4.69) is 33.4 Å². The van der Waals surface area contributed by atoms with Crippen molar-refractivity contribution in [2.24, 2.45) is 7.05 Å². The third-order valence-electron chi connectivity index (χ3n) is 7.98. The van der Waals surface area contributed by atoms with Gasteiger partial charge in [-0.2, -0.15) is 13.2 Å². The summed E-state index contributed by atoms with van der Waals surface area (Å²) in [5, 5.41) is 9.40. The van der Waals surface area contributed by atoms with Crippen molar-refractivity contribution < 1.29 is 17.9 Å². The fourth-order valence-electron chi connectivity index (χ4n) is 5.91. The van der Waals surface area contributed by atoms with Gasteiger partial charge in [-0.05, 0) is 81.9 Å². The Bertz CT molecular complexity index is 1760. The van der Waals surface area contributed by atoms with Gasteiger partial charge in [-0.3, -0.25) is 9.88 Å². The number of fused-ring (bicyclic) bond motifs is 1. The second-order valence-electron chi connectivity index (χ2n) is 10.8. The van der Waals surface area contributed by atoms with Gasteiger partial charge in [0.1, 0.15) is 5.54 Å². The molecule has 0 aliphatic heterocycles. The number of aromatic nitrogens is 5. The number of aryl methyl sites for hydroxylation is 4. The fraction of sp³-hybridized carbons (Fsp3) is 0.312. The number of hydrogen-bond donors (Lipinski definition) is 0. The molecule has 0 fully saturated rings. The maximum atomic E-state index is 13.1. The summed E-state index contributed by atoms with van der Waals surface area (Å²) < 4.78 is 46.9. The van der Waals surface area contributed by atoms with Crippen LogP contribution in [0.15, 0.2) is 60.8 Å². The van der Waals surface area contributed by atoms with E-state index in [-0.39, 0.29) is 0 Å². The topological polar surface area (TPSA) is 69.0 Å². The predicted octanol–water partition coefficient (Wildman–Crippen LogP) is 6.16. The van der Waals surface area contributed by atoms with E-state index >= 15 is 0 Å². The lowest BCUT2D eigenvalue weighted by Crippen LogP contribution is -2.45. The van der Waals surface area contributed by atoms with Crippen LogP contribution in [0, 0.1) is 20.8 Å². The summed E-state index contributed by atoms with van der Waals surface area (Å²) in [5.41, 5.74) is 6.39. The minimum atomic E-state index is -4.39. The molecule has 0 aliphatic rings. The highest BCUT2D eigenvalue weighted by molar-refractivity contribution is 5.85. The molecule has 5 rings (SSSR count). The summed E-state index contributed by atoms with van der Waals surface area (Å²) in [7, 11) is 7.47. The molecule has 5 aromatic rings. The van der Waals surface area contributed by atoms with Gasteiger partial charge < -0.3 is 4.74 Å². The summed E-state index contributed by atoms with van der Waals surface area (Å²) in [6.45, 7) is 5.97. The lowest BCUT2D eigenvalue weighted by molar-refractivity contribution is -0.137. The van der Waals surface area contributed by atoms with E-state index in [4.69, 9.17) is 14.7 Å². The van der Waals surface area contributed by atoms with Crippen LogP contribution in [0.5, 0.6) is 5.88 Å². The molecule has 0 saturated heterocycles. The number of hydrogen-bond acceptors (Lipinski definition) is 6. The van der Waals surface area contributed by atoms with Crippen LogP contribution in [0.2, 0.25) is 0 Å². The van der Waals surface area contributed by atoms with Crippen molar-refractivity contribution in [3.8, 4) is 5.88 Å². The van der Waals surface area contributed by atoms with E-state index in [0.717, 1.165) is 67.9 Å². The van der Waals surface area contributed by atoms with Crippen LogP contribution in [0.1, 0.15) is 50.5 Å². The van der Waals surface area contributed by atoms with Gasteiger partial charge in [-0.15, -0.1) is 5.10 Å². The highest BCUT2D eigenvalue weighted by atomic mass is 19.4.